The molecule has 0 radical (unpaired) electrons. The Hall–Kier alpha value is -3.47. The second-order valence-corrected chi connectivity index (χ2v) is 7.25. The summed E-state index contributed by atoms with van der Waals surface area (Å²) in [6.07, 6.45) is 12.2. The Balaban J connectivity index is 0.00000128. The number of pyridine rings is 2. The predicted molar refractivity (Wildman–Crippen MR) is 117 cm³/mol. The molecule has 0 aliphatic heterocycles. The first-order valence-corrected chi connectivity index (χ1v) is 9.53. The van der Waals surface area contributed by atoms with Crippen LogP contribution in [0, 0.1) is 0 Å². The molecule has 28 heavy (non-hydrogen) atoms. The summed E-state index contributed by atoms with van der Waals surface area (Å²) in [6.45, 7) is 2.09. The summed E-state index contributed by atoms with van der Waals surface area (Å²) >= 11 is 0. The van der Waals surface area contributed by atoms with Crippen LogP contribution in [-0.4, -0.2) is 20.2 Å². The third-order valence-electron chi connectivity index (χ3n) is 5.50. The monoisotopic (exact) mass is 372 g/mol. The number of nitrogens with one attached hydrogen (secondary N) is 2. The number of rotatable bonds is 3. The molecule has 0 bridgehead atoms. The van der Waals surface area contributed by atoms with Crippen LogP contribution in [0.5, 0.6) is 0 Å². The van der Waals surface area contributed by atoms with Crippen LogP contribution in [0.25, 0.3) is 33.1 Å². The Bertz CT molecular complexity index is 1310. The summed E-state index contributed by atoms with van der Waals surface area (Å²) in [7, 11) is 0. The van der Waals surface area contributed by atoms with Crippen LogP contribution in [0.15, 0.2) is 71.3 Å². The van der Waals surface area contributed by atoms with Gasteiger partial charge in [0.25, 0.3) is 5.56 Å². The van der Waals surface area contributed by atoms with Gasteiger partial charge in [-0.15, -0.1) is 0 Å². The zero-order valence-corrected chi connectivity index (χ0v) is 15.6. The third kappa shape index (κ3) is 2.76. The van der Waals surface area contributed by atoms with Gasteiger partial charge in [0, 0.05) is 37.7 Å². The molecule has 4 aromatic rings. The fourth-order valence-electron chi connectivity index (χ4n) is 3.92. The first-order valence-electron chi connectivity index (χ1n) is 9.53. The van der Waals surface area contributed by atoms with Crippen LogP contribution in [-0.2, 0) is 0 Å². The molecule has 142 valence electrons. The summed E-state index contributed by atoms with van der Waals surface area (Å²) in [5.41, 5.74) is 5.57. The maximum absolute atomic E-state index is 12.7. The number of hydrogen-bond donors (Lipinski definition) is 2. The lowest BCUT2D eigenvalue weighted by Crippen LogP contribution is -2.16. The van der Waals surface area contributed by atoms with E-state index in [9.17, 15) is 4.79 Å². The van der Waals surface area contributed by atoms with E-state index in [4.69, 9.17) is 0 Å². The van der Waals surface area contributed by atoms with Gasteiger partial charge in [-0.3, -0.25) is 14.9 Å². The maximum atomic E-state index is 12.7. The Morgan fingerprint density at radius 1 is 1.11 bits per heavy atom. The Morgan fingerprint density at radius 3 is 2.75 bits per heavy atom. The van der Waals surface area contributed by atoms with E-state index in [-0.39, 0.29) is 14.3 Å². The molecule has 1 atom stereocenters. The first kappa shape index (κ1) is 16.7. The van der Waals surface area contributed by atoms with Gasteiger partial charge in [-0.2, -0.15) is 5.10 Å². The van der Waals surface area contributed by atoms with Gasteiger partial charge >= 0.3 is 0 Å². The number of aromatic nitrogens is 4. The average Bonchev–Trinajstić information content (AvgIpc) is 3.15. The Kier molecular flexibility index (Phi) is 3.93. The van der Waals surface area contributed by atoms with Gasteiger partial charge in [-0.1, -0.05) is 25.2 Å². The van der Waals surface area contributed by atoms with Gasteiger partial charge in [0.1, 0.15) is 5.69 Å². The van der Waals surface area contributed by atoms with Crippen LogP contribution in [0.2, 0.25) is 0 Å². The molecule has 3 heterocycles. The summed E-state index contributed by atoms with van der Waals surface area (Å²) < 4.78 is 0. The molecular formula is C23H24N4O. The van der Waals surface area contributed by atoms with Crippen molar-refractivity contribution in [1.82, 2.24) is 20.2 Å². The molecule has 1 aromatic carbocycles. The Labute approximate surface area is 164 Å². The molecule has 3 aromatic heterocycles. The lowest BCUT2D eigenvalue weighted by Gasteiger charge is -2.16. The van der Waals surface area contributed by atoms with Crippen LogP contribution in [0.3, 0.4) is 0 Å². The number of nitrogens with zero attached hydrogens (tertiary/aromatic N) is 2. The zero-order valence-electron chi connectivity index (χ0n) is 15.6. The van der Waals surface area contributed by atoms with Crippen molar-refractivity contribution in [1.29, 1.82) is 0 Å². The largest absolute Gasteiger partial charge is 0.322 e. The number of benzene rings is 1. The van der Waals surface area contributed by atoms with Crippen molar-refractivity contribution in [2.75, 3.05) is 0 Å². The highest BCUT2D eigenvalue weighted by Gasteiger charge is 2.16. The molecule has 1 aliphatic carbocycles. The topological polar surface area (TPSA) is 74.4 Å². The van der Waals surface area contributed by atoms with Crippen LogP contribution in [0.1, 0.15) is 34.1 Å². The van der Waals surface area contributed by atoms with E-state index in [1.165, 1.54) is 5.57 Å². The van der Waals surface area contributed by atoms with E-state index in [0.29, 0.717) is 0 Å². The molecule has 5 rings (SSSR count). The average molecular weight is 372 g/mol. The number of H-pyrrole nitrogens is 2. The lowest BCUT2D eigenvalue weighted by atomic mass is 9.89. The van der Waals surface area contributed by atoms with Crippen molar-refractivity contribution >= 4 is 21.8 Å². The van der Waals surface area contributed by atoms with Crippen LogP contribution in [0.4, 0.5) is 0 Å². The van der Waals surface area contributed by atoms with E-state index in [2.05, 4.69) is 51.4 Å². The molecule has 5 nitrogen and oxygen atoms in total. The third-order valence-corrected chi connectivity index (χ3v) is 5.50. The van der Waals surface area contributed by atoms with Gasteiger partial charge in [0.05, 0.1) is 11.0 Å². The molecule has 0 saturated heterocycles. The van der Waals surface area contributed by atoms with Gasteiger partial charge < -0.3 is 4.98 Å². The second-order valence-electron chi connectivity index (χ2n) is 7.25. The number of aromatic amines is 2. The Morgan fingerprint density at radius 2 is 1.96 bits per heavy atom. The lowest BCUT2D eigenvalue weighted by molar-refractivity contribution is 0.868. The normalized spacial score (nSPS) is 15.1. The molecule has 0 spiro atoms. The minimum atomic E-state index is -0.0342. The predicted octanol–water partition coefficient (Wildman–Crippen LogP) is 5.34. The molecule has 0 saturated carbocycles. The SMILES string of the molecule is CC(C1=CCCC=C1)c1cc2cc3c(-c4ccncc4)n[nH]c3cc2[nH]c1=O.[HH].[HH]. The quantitative estimate of drug-likeness (QED) is 0.510. The fourth-order valence-corrected chi connectivity index (χ4v) is 3.92. The van der Waals surface area contributed by atoms with E-state index in [0.717, 1.165) is 51.5 Å². The summed E-state index contributed by atoms with van der Waals surface area (Å²) in [5.74, 6) is 0.0596. The van der Waals surface area contributed by atoms with Crippen molar-refractivity contribution in [2.24, 2.45) is 0 Å². The molecule has 0 fully saturated rings. The molecule has 1 aliphatic rings. The zero-order chi connectivity index (χ0) is 19.1. The van der Waals surface area contributed by atoms with Crippen molar-refractivity contribution in [3.05, 3.63) is 82.4 Å². The summed E-state index contributed by atoms with van der Waals surface area (Å²) in [4.78, 5) is 19.9. The number of allylic oxidation sites excluding steroid dienone is 4. The van der Waals surface area contributed by atoms with Gasteiger partial charge in [0.15, 0.2) is 0 Å². The summed E-state index contributed by atoms with van der Waals surface area (Å²) in [5, 5.41) is 9.59. The van der Waals surface area contributed by atoms with Crippen molar-refractivity contribution < 1.29 is 2.85 Å². The van der Waals surface area contributed by atoms with Crippen molar-refractivity contribution in [3.63, 3.8) is 0 Å². The fraction of sp³-hybridized carbons (Fsp3) is 0.174. The standard InChI is InChI=1S/C23H20N4O.2H2/c1-14(15-5-3-2-4-6-15)18-11-17-12-19-21(13-20(17)25-23(18)28)26-27-22(19)16-7-9-24-10-8-16;;/h3,5-14H,2,4H2,1H3,(H,25,28)(H,26,27);2*1H. The second kappa shape index (κ2) is 6.60. The van der Waals surface area contributed by atoms with Crippen molar-refractivity contribution in [2.45, 2.75) is 25.7 Å². The molecule has 5 heteroatoms. The molecule has 2 N–H and O–H groups in total. The van der Waals surface area contributed by atoms with Crippen molar-refractivity contribution in [3.8, 4) is 11.3 Å². The molecule has 0 amide bonds. The first-order chi connectivity index (χ1) is 13.7. The number of fused-ring (bicyclic) bond motifs is 2. The number of hydrogen-bond acceptors (Lipinski definition) is 3. The smallest absolute Gasteiger partial charge is 0.252 e. The van der Waals surface area contributed by atoms with Crippen LogP contribution >= 0.6 is 0 Å². The molecular weight excluding hydrogens is 348 g/mol. The maximum Gasteiger partial charge on any atom is 0.252 e. The summed E-state index contributed by atoms with van der Waals surface area (Å²) in [6, 6.07) is 9.97. The minimum absolute atomic E-state index is 0. The highest BCUT2D eigenvalue weighted by molar-refractivity contribution is 6.01. The highest BCUT2D eigenvalue weighted by Crippen LogP contribution is 2.31. The molecule has 1 unspecified atom stereocenters. The van der Waals surface area contributed by atoms with E-state index in [1.54, 1.807) is 12.4 Å². The van der Waals surface area contributed by atoms with Gasteiger partial charge in [0.2, 0.25) is 0 Å². The van der Waals surface area contributed by atoms with Crippen LogP contribution < -0.4 is 5.56 Å². The highest BCUT2D eigenvalue weighted by atomic mass is 16.1. The van der Waals surface area contributed by atoms with E-state index in [1.807, 2.05) is 24.3 Å². The van der Waals surface area contributed by atoms with Gasteiger partial charge in [-0.25, -0.2) is 0 Å². The van der Waals surface area contributed by atoms with Gasteiger partial charge in [-0.05, 0) is 54.1 Å². The minimum Gasteiger partial charge on any atom is -0.322 e. The van der Waals surface area contributed by atoms with E-state index >= 15 is 0 Å². The van der Waals surface area contributed by atoms with E-state index < -0.39 is 0 Å².